The molecule has 0 aliphatic heterocycles. The summed E-state index contributed by atoms with van der Waals surface area (Å²) in [5.41, 5.74) is 7.28. The fraction of sp³-hybridized carbons (Fsp3) is 0.286. The maximum Gasteiger partial charge on any atom is 0.329 e. The Hall–Kier alpha value is -0.865. The van der Waals surface area contributed by atoms with Crippen LogP contribution in [-0.4, -0.2) is 19.2 Å². The van der Waals surface area contributed by atoms with Gasteiger partial charge in [-0.3, -0.25) is 4.98 Å². The molecule has 1 aromatic heterocycles. The third-order valence-corrected chi connectivity index (χ3v) is 1.34. The van der Waals surface area contributed by atoms with Crippen LogP contribution in [0.2, 0.25) is 0 Å². The monoisotopic (exact) mass is 150 g/mol. The van der Waals surface area contributed by atoms with Gasteiger partial charge in [0.1, 0.15) is 0 Å². The van der Waals surface area contributed by atoms with Crippen LogP contribution in [0.15, 0.2) is 18.3 Å². The van der Waals surface area contributed by atoms with Crippen LogP contribution < -0.4 is 11.3 Å². The molecule has 0 aromatic carbocycles. The van der Waals surface area contributed by atoms with Gasteiger partial charge in [-0.15, -0.1) is 0 Å². The van der Waals surface area contributed by atoms with E-state index in [2.05, 4.69) is 4.98 Å². The molecule has 3 nitrogen and oxygen atoms in total. The van der Waals surface area contributed by atoms with Crippen molar-refractivity contribution in [1.29, 1.82) is 0 Å². The fourth-order valence-electron chi connectivity index (χ4n) is 0.841. The van der Waals surface area contributed by atoms with Gasteiger partial charge in [-0.25, -0.2) is 0 Å². The number of hydrogen-bond acceptors (Lipinski definition) is 3. The molecule has 0 amide bonds. The van der Waals surface area contributed by atoms with Crippen molar-refractivity contribution in [3.05, 3.63) is 23.9 Å². The molecule has 0 saturated heterocycles. The van der Waals surface area contributed by atoms with E-state index in [-0.39, 0.29) is 6.73 Å². The molecule has 0 fully saturated rings. The van der Waals surface area contributed by atoms with Gasteiger partial charge in [0.2, 0.25) is 0 Å². The minimum absolute atomic E-state index is 0.246. The van der Waals surface area contributed by atoms with E-state index in [1.807, 2.05) is 19.1 Å². The van der Waals surface area contributed by atoms with Gasteiger partial charge >= 0.3 is 7.48 Å². The van der Waals surface area contributed by atoms with E-state index in [4.69, 9.17) is 10.4 Å². The highest BCUT2D eigenvalue weighted by molar-refractivity contribution is 6.45. The molecule has 11 heavy (non-hydrogen) atoms. The molecule has 0 aliphatic rings. The first-order valence-electron chi connectivity index (χ1n) is 3.52. The van der Waals surface area contributed by atoms with Gasteiger partial charge in [0.15, 0.2) is 0 Å². The van der Waals surface area contributed by atoms with Gasteiger partial charge in [0.05, 0.1) is 6.73 Å². The molecule has 1 aromatic rings. The number of nitrogens with zero attached hydrogens (tertiary/aromatic N) is 1. The minimum Gasteiger partial charge on any atom is -0.421 e. The maximum atomic E-state index is 5.16. The predicted molar refractivity (Wildman–Crippen MR) is 45.9 cm³/mol. The first-order valence-corrected chi connectivity index (χ1v) is 3.52. The van der Waals surface area contributed by atoms with Crippen molar-refractivity contribution >= 4 is 13.1 Å². The van der Waals surface area contributed by atoms with E-state index in [1.165, 1.54) is 5.56 Å². The molecule has 0 aliphatic carbocycles. The summed E-state index contributed by atoms with van der Waals surface area (Å²) >= 11 is 0. The molecule has 0 atom stereocenters. The Morgan fingerprint density at radius 2 is 2.55 bits per heavy atom. The zero-order valence-electron chi connectivity index (χ0n) is 6.58. The van der Waals surface area contributed by atoms with Gasteiger partial charge in [-0.1, -0.05) is 0 Å². The second kappa shape index (κ2) is 4.11. The Labute approximate surface area is 66.9 Å². The molecule has 2 N–H and O–H groups in total. The van der Waals surface area contributed by atoms with Gasteiger partial charge in [-0.2, -0.15) is 0 Å². The van der Waals surface area contributed by atoms with Gasteiger partial charge in [0, 0.05) is 11.8 Å². The Bertz CT molecular complexity index is 229. The number of aryl methyl sites for hydroxylation is 1. The molecule has 0 bridgehead atoms. The van der Waals surface area contributed by atoms with E-state index < -0.39 is 0 Å². The van der Waals surface area contributed by atoms with E-state index in [0.29, 0.717) is 7.48 Å². The number of hydrogen-bond donors (Lipinski definition) is 1. The smallest absolute Gasteiger partial charge is 0.329 e. The van der Waals surface area contributed by atoms with E-state index >= 15 is 0 Å². The molecule has 4 heteroatoms. The lowest BCUT2D eigenvalue weighted by Gasteiger charge is -1.98. The summed E-state index contributed by atoms with van der Waals surface area (Å²) in [6, 6.07) is 3.93. The van der Waals surface area contributed by atoms with Crippen LogP contribution in [0.1, 0.15) is 5.56 Å². The molecule has 58 valence electrons. The first-order chi connectivity index (χ1) is 5.33. The van der Waals surface area contributed by atoms with E-state index in [0.717, 1.165) is 5.59 Å². The molecular weight excluding hydrogens is 139 g/mol. The summed E-state index contributed by atoms with van der Waals surface area (Å²) in [4.78, 5) is 4.10. The SMILES string of the molecule is Cc1ccnc(BOCN)c1. The van der Waals surface area contributed by atoms with Crippen molar-refractivity contribution in [3.63, 3.8) is 0 Å². The standard InChI is InChI=1S/C7H11BN2O/c1-6-2-3-10-7(4-6)8-11-5-9/h2-4,8H,5,9H2,1H3. The summed E-state index contributed by atoms with van der Waals surface area (Å²) in [5.74, 6) is 0. The van der Waals surface area contributed by atoms with Crippen LogP contribution in [0, 0.1) is 6.92 Å². The second-order valence-electron chi connectivity index (χ2n) is 2.34. The molecule has 0 spiro atoms. The third-order valence-electron chi connectivity index (χ3n) is 1.34. The summed E-state index contributed by atoms with van der Waals surface area (Å²) in [6.45, 7) is 2.27. The van der Waals surface area contributed by atoms with Gasteiger partial charge < -0.3 is 10.4 Å². The zero-order chi connectivity index (χ0) is 8.10. The average Bonchev–Trinajstić information content (AvgIpc) is 2.01. The number of rotatable bonds is 3. The highest BCUT2D eigenvalue weighted by atomic mass is 16.4. The second-order valence-corrected chi connectivity index (χ2v) is 2.34. The number of aromatic nitrogens is 1. The fourth-order valence-corrected chi connectivity index (χ4v) is 0.841. The predicted octanol–water partition coefficient (Wildman–Crippen LogP) is -0.700. The minimum atomic E-state index is 0.246. The first kappa shape index (κ1) is 8.23. The molecule has 1 rings (SSSR count). The van der Waals surface area contributed by atoms with Crippen LogP contribution in [0.3, 0.4) is 0 Å². The summed E-state index contributed by atoms with van der Waals surface area (Å²) in [6.07, 6.45) is 1.77. The van der Waals surface area contributed by atoms with Crippen LogP contribution >= 0.6 is 0 Å². The quantitative estimate of drug-likeness (QED) is 0.457. The lowest BCUT2D eigenvalue weighted by Crippen LogP contribution is -2.23. The Morgan fingerprint density at radius 3 is 3.18 bits per heavy atom. The molecule has 0 unspecified atom stereocenters. The van der Waals surface area contributed by atoms with Crippen molar-refractivity contribution in [1.82, 2.24) is 4.98 Å². The maximum absolute atomic E-state index is 5.16. The number of pyridine rings is 1. The van der Waals surface area contributed by atoms with Crippen molar-refractivity contribution in [3.8, 4) is 0 Å². The molecular formula is C7H11BN2O. The Kier molecular flexibility index (Phi) is 3.07. The van der Waals surface area contributed by atoms with Gasteiger partial charge in [0.25, 0.3) is 0 Å². The van der Waals surface area contributed by atoms with Crippen molar-refractivity contribution in [2.75, 3.05) is 6.73 Å². The van der Waals surface area contributed by atoms with Crippen LogP contribution in [0.5, 0.6) is 0 Å². The molecule has 0 radical (unpaired) electrons. The van der Waals surface area contributed by atoms with Crippen LogP contribution in [0.25, 0.3) is 0 Å². The summed E-state index contributed by atoms with van der Waals surface area (Å²) in [7, 11) is 0.498. The van der Waals surface area contributed by atoms with Crippen LogP contribution in [0.4, 0.5) is 0 Å². The zero-order valence-corrected chi connectivity index (χ0v) is 6.58. The number of nitrogens with two attached hydrogens (primary N) is 1. The lowest BCUT2D eigenvalue weighted by atomic mass is 9.93. The third kappa shape index (κ3) is 2.70. The average molecular weight is 150 g/mol. The van der Waals surface area contributed by atoms with Crippen LogP contribution in [-0.2, 0) is 4.65 Å². The summed E-state index contributed by atoms with van der Waals surface area (Å²) < 4.78 is 4.99. The van der Waals surface area contributed by atoms with E-state index in [9.17, 15) is 0 Å². The van der Waals surface area contributed by atoms with E-state index in [1.54, 1.807) is 6.20 Å². The highest BCUT2D eigenvalue weighted by Crippen LogP contribution is 1.88. The Balaban J connectivity index is 2.56. The molecule has 1 heterocycles. The Morgan fingerprint density at radius 1 is 1.73 bits per heavy atom. The topological polar surface area (TPSA) is 48.1 Å². The summed E-state index contributed by atoms with van der Waals surface area (Å²) in [5, 5.41) is 0. The normalized spacial score (nSPS) is 9.64. The largest absolute Gasteiger partial charge is 0.421 e. The lowest BCUT2D eigenvalue weighted by molar-refractivity contribution is 0.355. The van der Waals surface area contributed by atoms with Crippen molar-refractivity contribution in [2.45, 2.75) is 6.92 Å². The molecule has 0 saturated carbocycles. The van der Waals surface area contributed by atoms with Crippen molar-refractivity contribution < 1.29 is 4.65 Å². The van der Waals surface area contributed by atoms with Crippen molar-refractivity contribution in [2.24, 2.45) is 5.73 Å². The van der Waals surface area contributed by atoms with Gasteiger partial charge in [-0.05, 0) is 24.6 Å². The highest BCUT2D eigenvalue weighted by Gasteiger charge is 1.96.